The first-order valence-corrected chi connectivity index (χ1v) is 10.6. The largest absolute Gasteiger partial charge is 0.506 e. The van der Waals surface area contributed by atoms with Crippen molar-refractivity contribution in [2.45, 2.75) is 33.1 Å². The molecule has 0 atom stereocenters. The van der Waals surface area contributed by atoms with Gasteiger partial charge in [-0.15, -0.1) is 0 Å². The number of anilines is 2. The maximum absolute atomic E-state index is 12.2. The van der Waals surface area contributed by atoms with Crippen LogP contribution in [0, 0.1) is 0 Å². The number of rotatable bonds is 7. The first-order chi connectivity index (χ1) is 14.9. The van der Waals surface area contributed by atoms with E-state index in [-0.39, 0.29) is 10.8 Å². The maximum Gasteiger partial charge on any atom is 0.271 e. The van der Waals surface area contributed by atoms with Crippen LogP contribution >= 0.6 is 11.6 Å². The predicted octanol–water partition coefficient (Wildman–Crippen LogP) is 6.24. The van der Waals surface area contributed by atoms with E-state index < -0.39 is 5.91 Å². The van der Waals surface area contributed by atoms with Crippen molar-refractivity contribution in [3.8, 4) is 5.75 Å². The van der Waals surface area contributed by atoms with Crippen LogP contribution in [0.25, 0.3) is 0 Å². The molecule has 0 spiro atoms. The van der Waals surface area contributed by atoms with Crippen molar-refractivity contribution in [1.82, 2.24) is 5.43 Å². The molecule has 0 unspecified atom stereocenters. The van der Waals surface area contributed by atoms with E-state index in [0.717, 1.165) is 28.9 Å². The molecule has 0 saturated heterocycles. The van der Waals surface area contributed by atoms with Crippen molar-refractivity contribution < 1.29 is 9.90 Å². The van der Waals surface area contributed by atoms with Crippen LogP contribution in [0.15, 0.2) is 65.8 Å². The number of hydrogen-bond acceptors (Lipinski definition) is 4. The summed E-state index contributed by atoms with van der Waals surface area (Å²) in [6, 6.07) is 18.7. The molecule has 0 aliphatic rings. The van der Waals surface area contributed by atoms with Gasteiger partial charge in [0, 0.05) is 16.9 Å². The Kier molecular flexibility index (Phi) is 7.32. The van der Waals surface area contributed by atoms with Crippen LogP contribution in [-0.2, 0) is 6.42 Å². The fourth-order valence-electron chi connectivity index (χ4n) is 3.11. The van der Waals surface area contributed by atoms with Crippen molar-refractivity contribution in [2.24, 2.45) is 5.10 Å². The second kappa shape index (κ2) is 10.1. The molecule has 0 radical (unpaired) electrons. The van der Waals surface area contributed by atoms with Gasteiger partial charge in [-0.05, 0) is 71.5 Å². The van der Waals surface area contributed by atoms with Gasteiger partial charge in [0.1, 0.15) is 5.75 Å². The van der Waals surface area contributed by atoms with Gasteiger partial charge >= 0.3 is 0 Å². The molecule has 0 fully saturated rings. The molecule has 3 rings (SSSR count). The van der Waals surface area contributed by atoms with E-state index in [2.05, 4.69) is 66.9 Å². The van der Waals surface area contributed by atoms with E-state index in [0.29, 0.717) is 11.5 Å². The number of phenols is 1. The number of nitrogens with one attached hydrogen (secondary N) is 2. The number of amides is 1. The lowest BCUT2D eigenvalue weighted by molar-refractivity contribution is 0.0955. The van der Waals surface area contributed by atoms with Gasteiger partial charge in [0.2, 0.25) is 0 Å². The summed E-state index contributed by atoms with van der Waals surface area (Å²) in [6.45, 7) is 6.43. The number of halogens is 1. The van der Waals surface area contributed by atoms with Gasteiger partial charge in [-0.3, -0.25) is 4.79 Å². The molecule has 6 heteroatoms. The number of benzene rings is 3. The number of nitrogens with zero attached hydrogens (tertiary/aromatic N) is 1. The van der Waals surface area contributed by atoms with Gasteiger partial charge in [-0.2, -0.15) is 5.10 Å². The van der Waals surface area contributed by atoms with E-state index in [1.165, 1.54) is 23.8 Å². The maximum atomic E-state index is 12.2. The van der Waals surface area contributed by atoms with Crippen LogP contribution < -0.4 is 10.7 Å². The summed E-state index contributed by atoms with van der Waals surface area (Å²) in [5.41, 5.74) is 8.17. The van der Waals surface area contributed by atoms with Gasteiger partial charge in [0.15, 0.2) is 0 Å². The highest BCUT2D eigenvalue weighted by atomic mass is 35.5. The zero-order valence-electron chi connectivity index (χ0n) is 17.8. The standard InChI is InChI=1S/C25H26ClN3O2/c1-4-17-13-22(28-21-9-5-18(6-10-21)16(2)3)11-7-20(17)15-27-29-25(31)19-8-12-24(30)23(26)14-19/h5-16,28,30H,4H2,1-3H3,(H,29,31). The second-order valence-corrected chi connectivity index (χ2v) is 7.94. The van der Waals surface area contributed by atoms with E-state index in [1.807, 2.05) is 12.1 Å². The average molecular weight is 436 g/mol. The van der Waals surface area contributed by atoms with E-state index in [4.69, 9.17) is 11.6 Å². The smallest absolute Gasteiger partial charge is 0.271 e. The van der Waals surface area contributed by atoms with Crippen LogP contribution in [-0.4, -0.2) is 17.2 Å². The molecule has 3 aromatic carbocycles. The highest BCUT2D eigenvalue weighted by molar-refractivity contribution is 6.32. The molecule has 3 N–H and O–H groups in total. The zero-order chi connectivity index (χ0) is 22.4. The molecule has 5 nitrogen and oxygen atoms in total. The first-order valence-electron chi connectivity index (χ1n) is 10.2. The molecular formula is C25H26ClN3O2. The highest BCUT2D eigenvalue weighted by Gasteiger charge is 2.08. The minimum Gasteiger partial charge on any atom is -0.506 e. The Balaban J connectivity index is 1.67. The number of carbonyl (C=O) groups excluding carboxylic acids is 1. The van der Waals surface area contributed by atoms with Crippen molar-refractivity contribution in [3.05, 3.63) is 87.9 Å². The lowest BCUT2D eigenvalue weighted by atomic mass is 10.0. The third-order valence-electron chi connectivity index (χ3n) is 4.97. The quantitative estimate of drug-likeness (QED) is 0.304. The topological polar surface area (TPSA) is 73.7 Å². The van der Waals surface area contributed by atoms with Crippen molar-refractivity contribution in [2.75, 3.05) is 5.32 Å². The normalized spacial score (nSPS) is 11.1. The van der Waals surface area contributed by atoms with Gasteiger partial charge < -0.3 is 10.4 Å². The number of carbonyl (C=O) groups is 1. The summed E-state index contributed by atoms with van der Waals surface area (Å²) in [6.07, 6.45) is 2.45. The molecule has 0 saturated carbocycles. The Bertz CT molecular complexity index is 1090. The van der Waals surface area contributed by atoms with Gasteiger partial charge in [0.25, 0.3) is 5.91 Å². The average Bonchev–Trinajstić information content (AvgIpc) is 2.76. The molecule has 3 aromatic rings. The summed E-state index contributed by atoms with van der Waals surface area (Å²) >= 11 is 5.85. The zero-order valence-corrected chi connectivity index (χ0v) is 18.6. The van der Waals surface area contributed by atoms with E-state index in [9.17, 15) is 9.90 Å². The monoisotopic (exact) mass is 435 g/mol. The summed E-state index contributed by atoms with van der Waals surface area (Å²) < 4.78 is 0. The Morgan fingerprint density at radius 3 is 2.42 bits per heavy atom. The van der Waals surface area contributed by atoms with Crippen molar-refractivity contribution in [3.63, 3.8) is 0 Å². The number of aryl methyl sites for hydroxylation is 1. The second-order valence-electron chi connectivity index (χ2n) is 7.53. The van der Waals surface area contributed by atoms with Crippen LogP contribution in [0.2, 0.25) is 5.02 Å². The third kappa shape index (κ3) is 5.86. The Morgan fingerprint density at radius 1 is 1.06 bits per heavy atom. The molecular weight excluding hydrogens is 410 g/mol. The molecule has 0 heterocycles. The van der Waals surface area contributed by atoms with Gasteiger partial charge in [-0.25, -0.2) is 5.43 Å². The highest BCUT2D eigenvalue weighted by Crippen LogP contribution is 2.24. The summed E-state index contributed by atoms with van der Waals surface area (Å²) in [5, 5.41) is 17.1. The Morgan fingerprint density at radius 2 is 1.77 bits per heavy atom. The molecule has 0 aromatic heterocycles. The van der Waals surface area contributed by atoms with Crippen molar-refractivity contribution >= 4 is 35.1 Å². The number of hydrogen-bond donors (Lipinski definition) is 3. The SMILES string of the molecule is CCc1cc(Nc2ccc(C(C)C)cc2)ccc1C=NNC(=O)c1ccc(O)c(Cl)c1. The van der Waals surface area contributed by atoms with Crippen LogP contribution in [0.3, 0.4) is 0 Å². The minimum absolute atomic E-state index is 0.0705. The van der Waals surface area contributed by atoms with Gasteiger partial charge in [-0.1, -0.05) is 50.6 Å². The lowest BCUT2D eigenvalue weighted by Gasteiger charge is -2.11. The predicted molar refractivity (Wildman–Crippen MR) is 128 cm³/mol. The molecule has 0 bridgehead atoms. The Hall–Kier alpha value is -3.31. The first kappa shape index (κ1) is 22.4. The molecule has 160 valence electrons. The fraction of sp³-hybridized carbons (Fsp3) is 0.200. The van der Waals surface area contributed by atoms with Crippen LogP contribution in [0.1, 0.15) is 53.7 Å². The summed E-state index contributed by atoms with van der Waals surface area (Å²) in [7, 11) is 0. The molecule has 31 heavy (non-hydrogen) atoms. The minimum atomic E-state index is -0.403. The molecule has 1 amide bonds. The molecule has 0 aliphatic carbocycles. The lowest BCUT2D eigenvalue weighted by Crippen LogP contribution is -2.17. The van der Waals surface area contributed by atoms with Gasteiger partial charge in [0.05, 0.1) is 11.2 Å². The number of hydrazone groups is 1. The Labute approximate surface area is 187 Å². The number of phenolic OH excluding ortho intramolecular Hbond substituents is 1. The van der Waals surface area contributed by atoms with E-state index >= 15 is 0 Å². The van der Waals surface area contributed by atoms with Crippen LogP contribution in [0.5, 0.6) is 5.75 Å². The summed E-state index contributed by atoms with van der Waals surface area (Å²) in [5.74, 6) is 0.0315. The fourth-order valence-corrected chi connectivity index (χ4v) is 3.29. The van der Waals surface area contributed by atoms with Crippen LogP contribution in [0.4, 0.5) is 11.4 Å². The molecule has 0 aliphatic heterocycles. The third-order valence-corrected chi connectivity index (χ3v) is 5.27. The van der Waals surface area contributed by atoms with E-state index in [1.54, 1.807) is 6.21 Å². The summed E-state index contributed by atoms with van der Waals surface area (Å²) in [4.78, 5) is 12.2. The van der Waals surface area contributed by atoms with Crippen molar-refractivity contribution in [1.29, 1.82) is 0 Å². The number of aromatic hydroxyl groups is 1.